The number of carbonyl (C=O) groups is 2. The van der Waals surface area contributed by atoms with Crippen LogP contribution < -0.4 is 0 Å². The first-order chi connectivity index (χ1) is 12.2. The first-order valence-corrected chi connectivity index (χ1v) is 9.17. The van der Waals surface area contributed by atoms with Crippen LogP contribution in [-0.2, 0) is 9.59 Å². The van der Waals surface area contributed by atoms with Crippen LogP contribution in [0.25, 0.3) is 0 Å². The van der Waals surface area contributed by atoms with E-state index < -0.39 is 5.97 Å². The summed E-state index contributed by atoms with van der Waals surface area (Å²) in [4.78, 5) is 22.0. The lowest BCUT2D eigenvalue weighted by atomic mass is 10.1. The summed E-state index contributed by atoms with van der Waals surface area (Å²) in [6, 6.07) is 0. The molecule has 0 fully saturated rings. The lowest BCUT2D eigenvalue weighted by Crippen LogP contribution is -1.93. The van der Waals surface area contributed by atoms with Crippen LogP contribution in [0.5, 0.6) is 0 Å². The second kappa shape index (κ2) is 18.2. The lowest BCUT2D eigenvalue weighted by Gasteiger charge is -1.93. The predicted octanol–water partition coefficient (Wildman–Crippen LogP) is 5.95. The molecule has 138 valence electrons. The molecule has 0 heterocycles. The van der Waals surface area contributed by atoms with Crippen molar-refractivity contribution in [1.29, 1.82) is 0 Å². The monoisotopic (exact) mass is 344 g/mol. The van der Waals surface area contributed by atoms with E-state index in [0.29, 0.717) is 19.3 Å². The van der Waals surface area contributed by atoms with Gasteiger partial charge in [0.1, 0.15) is 5.78 Å². The van der Waals surface area contributed by atoms with Gasteiger partial charge in [0.15, 0.2) is 0 Å². The quantitative estimate of drug-likeness (QED) is 0.295. The van der Waals surface area contributed by atoms with Gasteiger partial charge in [0.05, 0.1) is 0 Å². The molecule has 0 amide bonds. The molecular weight excluding hydrogens is 312 g/mol. The minimum Gasteiger partial charge on any atom is -0.481 e. The number of aliphatic carboxylic acids is 1. The Morgan fingerprint density at radius 2 is 1.32 bits per heavy atom. The van der Waals surface area contributed by atoms with Crippen LogP contribution in [0.4, 0.5) is 0 Å². The van der Waals surface area contributed by atoms with Crippen molar-refractivity contribution < 1.29 is 14.7 Å². The zero-order valence-corrected chi connectivity index (χ0v) is 15.4. The van der Waals surface area contributed by atoms with Crippen LogP contribution in [0.3, 0.4) is 0 Å². The molecule has 0 bridgehead atoms. The number of Topliss-reactive ketones (excluding diaryl/α,β-unsaturated/α-hetero) is 1. The summed E-state index contributed by atoms with van der Waals surface area (Å²) in [6.45, 7) is 2.16. The molecule has 1 N–H and O–H groups in total. The highest BCUT2D eigenvalue weighted by Gasteiger charge is 1.96. The van der Waals surface area contributed by atoms with E-state index in [2.05, 4.69) is 25.2 Å². The molecule has 3 nitrogen and oxygen atoms in total. The number of allylic oxidation sites excluding steroid dienone is 10. The number of carboxylic acid groups (broad SMARTS) is 1. The van der Waals surface area contributed by atoms with Crippen molar-refractivity contribution >= 4 is 11.8 Å². The Kier molecular flexibility index (Phi) is 16.6. The van der Waals surface area contributed by atoms with E-state index in [1.165, 1.54) is 6.42 Å². The van der Waals surface area contributed by atoms with Crippen molar-refractivity contribution in [2.45, 2.75) is 64.7 Å². The smallest absolute Gasteiger partial charge is 0.303 e. The molecule has 0 unspecified atom stereocenters. The Labute approximate surface area is 152 Å². The highest BCUT2D eigenvalue weighted by molar-refractivity contribution is 5.79. The van der Waals surface area contributed by atoms with E-state index in [4.69, 9.17) is 5.11 Å². The Morgan fingerprint density at radius 3 is 2.00 bits per heavy atom. The lowest BCUT2D eigenvalue weighted by molar-refractivity contribution is -0.136. The standard InChI is InChI=1S/C22H32O3/c1-2-3-4-5-6-7-9-12-15-18-21(23)19-16-13-10-8-11-14-17-20-22(24)25/h4-7,10-15H,2-3,8-9,16-20H2,1H3,(H,24,25)/b5-4+,7-6+,13-10+,14-11-,15-12+. The minimum absolute atomic E-state index is 0.174. The number of rotatable bonds is 15. The maximum atomic E-state index is 11.7. The van der Waals surface area contributed by atoms with Gasteiger partial charge in [-0.3, -0.25) is 9.59 Å². The molecule has 0 saturated carbocycles. The second-order valence-corrected chi connectivity index (χ2v) is 5.74. The van der Waals surface area contributed by atoms with E-state index in [1.807, 2.05) is 42.5 Å². The van der Waals surface area contributed by atoms with E-state index in [9.17, 15) is 9.59 Å². The Hall–Kier alpha value is -2.16. The van der Waals surface area contributed by atoms with Gasteiger partial charge in [-0.25, -0.2) is 0 Å². The fraction of sp³-hybridized carbons (Fsp3) is 0.455. The molecule has 0 saturated heterocycles. The fourth-order valence-corrected chi connectivity index (χ4v) is 1.95. The van der Waals surface area contributed by atoms with Crippen molar-refractivity contribution in [3.05, 3.63) is 60.8 Å². The molecule has 0 radical (unpaired) electrons. The molecule has 0 aromatic rings. The van der Waals surface area contributed by atoms with Crippen LogP contribution in [-0.4, -0.2) is 16.9 Å². The summed E-state index contributed by atoms with van der Waals surface area (Å²) in [7, 11) is 0. The minimum atomic E-state index is -0.771. The number of ketones is 1. The van der Waals surface area contributed by atoms with Gasteiger partial charge in [-0.05, 0) is 32.1 Å². The first-order valence-electron chi connectivity index (χ1n) is 9.17. The van der Waals surface area contributed by atoms with E-state index in [1.54, 1.807) is 0 Å². The van der Waals surface area contributed by atoms with Gasteiger partial charge in [-0.15, -0.1) is 0 Å². The van der Waals surface area contributed by atoms with Gasteiger partial charge in [0.25, 0.3) is 0 Å². The molecule has 25 heavy (non-hydrogen) atoms. The summed E-state index contributed by atoms with van der Waals surface area (Å²) >= 11 is 0. The number of hydrogen-bond donors (Lipinski definition) is 1. The molecule has 0 atom stereocenters. The van der Waals surface area contributed by atoms with Crippen LogP contribution in [0.1, 0.15) is 64.7 Å². The molecule has 0 aromatic carbocycles. The third-order valence-electron chi connectivity index (χ3n) is 3.34. The summed E-state index contributed by atoms with van der Waals surface area (Å²) in [5, 5.41) is 8.49. The summed E-state index contributed by atoms with van der Waals surface area (Å²) in [5.41, 5.74) is 0. The normalized spacial score (nSPS) is 12.5. The summed E-state index contributed by atoms with van der Waals surface area (Å²) in [5.74, 6) is -0.516. The fourth-order valence-electron chi connectivity index (χ4n) is 1.95. The highest BCUT2D eigenvalue weighted by Crippen LogP contribution is 2.01. The number of carboxylic acids is 1. The van der Waals surface area contributed by atoms with Gasteiger partial charge < -0.3 is 5.11 Å². The second-order valence-electron chi connectivity index (χ2n) is 5.74. The summed E-state index contributed by atoms with van der Waals surface area (Å²) < 4.78 is 0. The molecule has 0 aliphatic heterocycles. The Morgan fingerprint density at radius 1 is 0.720 bits per heavy atom. The van der Waals surface area contributed by atoms with Gasteiger partial charge in [0.2, 0.25) is 0 Å². The SMILES string of the molecule is CCC/C=C/C=C/C/C=C/CC(=O)CC/C=C/C/C=C\CCC(=O)O. The molecule has 0 aromatic heterocycles. The highest BCUT2D eigenvalue weighted by atomic mass is 16.4. The van der Waals surface area contributed by atoms with Crippen LogP contribution in [0.2, 0.25) is 0 Å². The predicted molar refractivity (Wildman–Crippen MR) is 106 cm³/mol. The Balaban J connectivity index is 3.61. The zero-order valence-electron chi connectivity index (χ0n) is 15.4. The molecule has 0 aliphatic carbocycles. The Bertz CT molecular complexity index is 493. The topological polar surface area (TPSA) is 54.4 Å². The first kappa shape index (κ1) is 22.8. The van der Waals surface area contributed by atoms with Crippen LogP contribution >= 0.6 is 0 Å². The van der Waals surface area contributed by atoms with E-state index in [0.717, 1.165) is 25.7 Å². The molecule has 3 heteroatoms. The maximum Gasteiger partial charge on any atom is 0.303 e. The van der Waals surface area contributed by atoms with Crippen LogP contribution in [0.15, 0.2) is 60.8 Å². The third-order valence-corrected chi connectivity index (χ3v) is 3.34. The zero-order chi connectivity index (χ0) is 18.6. The van der Waals surface area contributed by atoms with E-state index in [-0.39, 0.29) is 12.2 Å². The van der Waals surface area contributed by atoms with Gasteiger partial charge >= 0.3 is 5.97 Å². The van der Waals surface area contributed by atoms with Gasteiger partial charge in [0, 0.05) is 19.3 Å². The largest absolute Gasteiger partial charge is 0.481 e. The number of unbranched alkanes of at least 4 members (excludes halogenated alkanes) is 1. The van der Waals surface area contributed by atoms with E-state index >= 15 is 0 Å². The summed E-state index contributed by atoms with van der Waals surface area (Å²) in [6.07, 6.45) is 26.7. The average Bonchev–Trinajstić information content (AvgIpc) is 2.58. The van der Waals surface area contributed by atoms with Crippen molar-refractivity contribution in [3.63, 3.8) is 0 Å². The maximum absolute atomic E-state index is 11.7. The molecular formula is C22H32O3. The van der Waals surface area contributed by atoms with Gasteiger partial charge in [-0.2, -0.15) is 0 Å². The van der Waals surface area contributed by atoms with Crippen molar-refractivity contribution in [3.8, 4) is 0 Å². The van der Waals surface area contributed by atoms with Gasteiger partial charge in [-0.1, -0.05) is 74.1 Å². The molecule has 0 spiro atoms. The third kappa shape index (κ3) is 19.8. The van der Waals surface area contributed by atoms with Crippen molar-refractivity contribution in [2.75, 3.05) is 0 Å². The molecule has 0 rings (SSSR count). The average molecular weight is 344 g/mol. The number of carbonyl (C=O) groups excluding carboxylic acids is 1. The molecule has 0 aliphatic rings. The van der Waals surface area contributed by atoms with Crippen molar-refractivity contribution in [2.24, 2.45) is 0 Å². The number of hydrogen-bond acceptors (Lipinski definition) is 2. The van der Waals surface area contributed by atoms with Crippen LogP contribution in [0, 0.1) is 0 Å². The van der Waals surface area contributed by atoms with Crippen molar-refractivity contribution in [1.82, 2.24) is 0 Å².